The van der Waals surface area contributed by atoms with Gasteiger partial charge < -0.3 is 5.11 Å². The first-order chi connectivity index (χ1) is 7.78. The smallest absolute Gasteiger partial charge is 0.106 e. The van der Waals surface area contributed by atoms with Gasteiger partial charge in [0.05, 0.1) is 0 Å². The maximum absolute atomic E-state index is 9.17. The second-order valence-electron chi connectivity index (χ2n) is 4.41. The summed E-state index contributed by atoms with van der Waals surface area (Å²) < 4.78 is 0.890. The summed E-state index contributed by atoms with van der Waals surface area (Å²) in [5, 5.41) is 9.17. The molecule has 1 N–H and O–H groups in total. The first-order valence-corrected chi connectivity index (χ1v) is 6.51. The molecule has 0 aliphatic carbocycles. The Hall–Kier alpha value is -0.450. The molecule has 1 aliphatic rings. The molecule has 1 aromatic rings. The number of pyridine rings is 1. The van der Waals surface area contributed by atoms with Crippen LogP contribution in [0.1, 0.15) is 18.4 Å². The third-order valence-corrected chi connectivity index (χ3v) is 3.49. The number of rotatable bonds is 3. The van der Waals surface area contributed by atoms with Crippen LogP contribution >= 0.6 is 15.9 Å². The summed E-state index contributed by atoms with van der Waals surface area (Å²) >= 11 is 3.38. The lowest BCUT2D eigenvalue weighted by Crippen LogP contribution is -2.36. The van der Waals surface area contributed by atoms with Crippen LogP contribution in [0.4, 0.5) is 0 Å². The first kappa shape index (κ1) is 12.0. The van der Waals surface area contributed by atoms with Crippen molar-refractivity contribution in [3.63, 3.8) is 0 Å². The lowest BCUT2D eigenvalue weighted by Gasteiger charge is -2.31. The molecule has 1 aliphatic heterocycles. The molecule has 1 saturated heterocycles. The average molecular weight is 285 g/mol. The van der Waals surface area contributed by atoms with E-state index in [0.717, 1.165) is 30.7 Å². The Morgan fingerprint density at radius 2 is 2.44 bits per heavy atom. The zero-order valence-corrected chi connectivity index (χ0v) is 10.9. The van der Waals surface area contributed by atoms with Crippen LogP contribution < -0.4 is 0 Å². The van der Waals surface area contributed by atoms with E-state index in [9.17, 15) is 5.11 Å². The third kappa shape index (κ3) is 3.27. The number of halogens is 1. The van der Waals surface area contributed by atoms with Gasteiger partial charge in [0, 0.05) is 25.9 Å². The number of piperidine rings is 1. The van der Waals surface area contributed by atoms with Gasteiger partial charge >= 0.3 is 0 Å². The van der Waals surface area contributed by atoms with Crippen LogP contribution in [0.2, 0.25) is 0 Å². The Balaban J connectivity index is 1.94. The van der Waals surface area contributed by atoms with Gasteiger partial charge in [-0.15, -0.1) is 0 Å². The van der Waals surface area contributed by atoms with Gasteiger partial charge in [0.15, 0.2) is 0 Å². The predicted molar refractivity (Wildman–Crippen MR) is 67.0 cm³/mol. The first-order valence-electron chi connectivity index (χ1n) is 5.71. The minimum atomic E-state index is 0.316. The molecule has 3 nitrogen and oxygen atoms in total. The lowest BCUT2D eigenvalue weighted by atomic mass is 9.99. The molecule has 0 bridgehead atoms. The van der Waals surface area contributed by atoms with Crippen molar-refractivity contribution >= 4 is 15.9 Å². The highest BCUT2D eigenvalue weighted by Crippen LogP contribution is 2.18. The summed E-state index contributed by atoms with van der Waals surface area (Å²) in [5.41, 5.74) is 1.28. The molecule has 0 aromatic carbocycles. The third-order valence-electron chi connectivity index (χ3n) is 3.06. The zero-order chi connectivity index (χ0) is 11.4. The van der Waals surface area contributed by atoms with Crippen molar-refractivity contribution in [1.82, 2.24) is 9.88 Å². The highest BCUT2D eigenvalue weighted by molar-refractivity contribution is 9.10. The molecule has 1 fully saturated rings. The summed E-state index contributed by atoms with van der Waals surface area (Å²) in [7, 11) is 0. The Bertz CT molecular complexity index is 346. The van der Waals surface area contributed by atoms with Crippen molar-refractivity contribution < 1.29 is 5.11 Å². The van der Waals surface area contributed by atoms with E-state index in [1.165, 1.54) is 12.0 Å². The van der Waals surface area contributed by atoms with Crippen molar-refractivity contribution in [3.8, 4) is 0 Å². The fourth-order valence-corrected chi connectivity index (χ4v) is 2.66. The van der Waals surface area contributed by atoms with E-state index in [0.29, 0.717) is 12.5 Å². The number of hydrogen-bond donors (Lipinski definition) is 1. The Morgan fingerprint density at radius 1 is 1.56 bits per heavy atom. The van der Waals surface area contributed by atoms with Crippen LogP contribution in [-0.2, 0) is 6.54 Å². The van der Waals surface area contributed by atoms with E-state index in [1.807, 2.05) is 12.3 Å². The van der Waals surface area contributed by atoms with Crippen LogP contribution in [0.15, 0.2) is 22.9 Å². The largest absolute Gasteiger partial charge is 0.396 e. The minimum absolute atomic E-state index is 0.316. The van der Waals surface area contributed by atoms with E-state index in [-0.39, 0.29) is 0 Å². The van der Waals surface area contributed by atoms with E-state index in [4.69, 9.17) is 0 Å². The number of aliphatic hydroxyl groups excluding tert-OH is 1. The standard InChI is InChI=1S/C12H17BrN2O/c13-12-6-10(3-4-14-12)7-15-5-1-2-11(8-15)9-16/h3-4,6,11,16H,1-2,5,7-9H2. The maximum atomic E-state index is 9.17. The monoisotopic (exact) mass is 284 g/mol. The molecule has 0 amide bonds. The summed E-state index contributed by atoms with van der Waals surface area (Å²) in [5.74, 6) is 0.457. The molecule has 4 heteroatoms. The predicted octanol–water partition coefficient (Wildman–Crippen LogP) is 2.05. The fraction of sp³-hybridized carbons (Fsp3) is 0.583. The highest BCUT2D eigenvalue weighted by atomic mass is 79.9. The molecule has 2 rings (SSSR count). The molecule has 88 valence electrons. The van der Waals surface area contributed by atoms with Crippen LogP contribution in [-0.4, -0.2) is 34.7 Å². The Labute approximate surface area is 105 Å². The van der Waals surface area contributed by atoms with Crippen molar-refractivity contribution in [1.29, 1.82) is 0 Å². The zero-order valence-electron chi connectivity index (χ0n) is 9.27. The van der Waals surface area contributed by atoms with Gasteiger partial charge in [0.2, 0.25) is 0 Å². The van der Waals surface area contributed by atoms with E-state index in [2.05, 4.69) is 31.9 Å². The van der Waals surface area contributed by atoms with Crippen molar-refractivity contribution in [2.45, 2.75) is 19.4 Å². The van der Waals surface area contributed by atoms with Gasteiger partial charge in [-0.2, -0.15) is 0 Å². The Kier molecular flexibility index (Phi) is 4.32. The van der Waals surface area contributed by atoms with E-state index >= 15 is 0 Å². The summed E-state index contributed by atoms with van der Waals surface area (Å²) in [6, 6.07) is 4.11. The van der Waals surface area contributed by atoms with E-state index in [1.54, 1.807) is 0 Å². The van der Waals surface area contributed by atoms with Crippen LogP contribution in [0.3, 0.4) is 0 Å². The number of nitrogens with zero attached hydrogens (tertiary/aromatic N) is 2. The average Bonchev–Trinajstić information content (AvgIpc) is 2.29. The second kappa shape index (κ2) is 5.75. The van der Waals surface area contributed by atoms with E-state index < -0.39 is 0 Å². The van der Waals surface area contributed by atoms with Gasteiger partial charge in [-0.05, 0) is 58.9 Å². The van der Waals surface area contributed by atoms with Gasteiger partial charge in [-0.25, -0.2) is 4.98 Å². The number of aliphatic hydroxyl groups is 1. The van der Waals surface area contributed by atoms with Crippen LogP contribution in [0.25, 0.3) is 0 Å². The van der Waals surface area contributed by atoms with Crippen molar-refractivity contribution in [2.24, 2.45) is 5.92 Å². The molecule has 16 heavy (non-hydrogen) atoms. The van der Waals surface area contributed by atoms with Gasteiger partial charge in [0.1, 0.15) is 4.60 Å². The van der Waals surface area contributed by atoms with Crippen molar-refractivity contribution in [2.75, 3.05) is 19.7 Å². The maximum Gasteiger partial charge on any atom is 0.106 e. The van der Waals surface area contributed by atoms with Gasteiger partial charge in [-0.3, -0.25) is 4.90 Å². The summed E-state index contributed by atoms with van der Waals surface area (Å²) in [4.78, 5) is 6.53. The Morgan fingerprint density at radius 3 is 3.19 bits per heavy atom. The highest BCUT2D eigenvalue weighted by Gasteiger charge is 2.18. The summed E-state index contributed by atoms with van der Waals surface area (Å²) in [6.07, 6.45) is 4.18. The van der Waals surface area contributed by atoms with Crippen LogP contribution in [0.5, 0.6) is 0 Å². The SMILES string of the molecule is OCC1CCCN(Cc2ccnc(Br)c2)C1. The molecule has 0 spiro atoms. The van der Waals surface area contributed by atoms with Crippen LogP contribution in [0, 0.1) is 5.92 Å². The quantitative estimate of drug-likeness (QED) is 0.863. The number of likely N-dealkylation sites (tertiary alicyclic amines) is 1. The summed E-state index contributed by atoms with van der Waals surface area (Å²) in [6.45, 7) is 3.42. The number of hydrogen-bond acceptors (Lipinski definition) is 3. The van der Waals surface area contributed by atoms with Gasteiger partial charge in [0.25, 0.3) is 0 Å². The molecule has 1 atom stereocenters. The molecule has 0 radical (unpaired) electrons. The molecular formula is C12H17BrN2O. The minimum Gasteiger partial charge on any atom is -0.396 e. The molecule has 0 saturated carbocycles. The molecule has 2 heterocycles. The molecule has 1 aromatic heterocycles. The molecular weight excluding hydrogens is 268 g/mol. The number of aromatic nitrogens is 1. The topological polar surface area (TPSA) is 36.4 Å². The van der Waals surface area contributed by atoms with Crippen molar-refractivity contribution in [3.05, 3.63) is 28.5 Å². The molecule has 1 unspecified atom stereocenters. The fourth-order valence-electron chi connectivity index (χ4n) is 2.24. The normalized spacial score (nSPS) is 22.2. The van der Waals surface area contributed by atoms with Gasteiger partial charge in [-0.1, -0.05) is 0 Å². The lowest BCUT2D eigenvalue weighted by molar-refractivity contribution is 0.116. The second-order valence-corrected chi connectivity index (χ2v) is 5.23.